The summed E-state index contributed by atoms with van der Waals surface area (Å²) < 4.78 is 1.65. The Hall–Kier alpha value is -1.61. The smallest absolute Gasteiger partial charge is 0.258 e. The van der Waals surface area contributed by atoms with Gasteiger partial charge in [0.1, 0.15) is 0 Å². The van der Waals surface area contributed by atoms with Gasteiger partial charge in [0.2, 0.25) is 0 Å². The maximum Gasteiger partial charge on any atom is 0.258 e. The van der Waals surface area contributed by atoms with E-state index < -0.39 is 6.10 Å². The number of pyridine rings is 1. The van der Waals surface area contributed by atoms with Crippen LogP contribution in [-0.2, 0) is 6.54 Å². The molecule has 106 valence electrons. The Morgan fingerprint density at radius 3 is 2.70 bits per heavy atom. The van der Waals surface area contributed by atoms with Gasteiger partial charge in [-0.25, -0.2) is 0 Å². The summed E-state index contributed by atoms with van der Waals surface area (Å²) in [6, 6.07) is 9.55. The zero-order chi connectivity index (χ0) is 13.9. The topological polar surface area (TPSA) is 42.2 Å². The van der Waals surface area contributed by atoms with E-state index in [2.05, 4.69) is 0 Å². The predicted molar refractivity (Wildman–Crippen MR) is 80.8 cm³/mol. The van der Waals surface area contributed by atoms with Gasteiger partial charge in [0.05, 0.1) is 12.6 Å². The molecule has 0 bridgehead atoms. The predicted octanol–water partition coefficient (Wildman–Crippen LogP) is 2.94. The fourth-order valence-electron chi connectivity index (χ4n) is 3.24. The van der Waals surface area contributed by atoms with Crippen molar-refractivity contribution in [2.24, 2.45) is 5.92 Å². The Morgan fingerprint density at radius 2 is 1.90 bits per heavy atom. The molecule has 0 radical (unpaired) electrons. The Balaban J connectivity index is 1.83. The monoisotopic (exact) mass is 271 g/mol. The molecule has 1 fully saturated rings. The Kier molecular flexibility index (Phi) is 3.88. The molecule has 0 saturated heterocycles. The van der Waals surface area contributed by atoms with Gasteiger partial charge in [-0.3, -0.25) is 4.79 Å². The number of aliphatic hydroxyl groups is 1. The van der Waals surface area contributed by atoms with E-state index in [1.807, 2.05) is 30.3 Å². The van der Waals surface area contributed by atoms with E-state index in [0.29, 0.717) is 12.5 Å². The first-order valence-electron chi connectivity index (χ1n) is 7.52. The molecule has 1 aliphatic rings. The molecule has 1 unspecified atom stereocenters. The van der Waals surface area contributed by atoms with Crippen LogP contribution in [0.1, 0.15) is 32.1 Å². The first-order chi connectivity index (χ1) is 9.75. The van der Waals surface area contributed by atoms with Gasteiger partial charge in [-0.1, -0.05) is 37.5 Å². The molecule has 2 aromatic rings. The molecule has 1 heterocycles. The number of rotatable bonds is 3. The summed E-state index contributed by atoms with van der Waals surface area (Å²) in [5.41, 5.74) is -0.00189. The van der Waals surface area contributed by atoms with E-state index in [0.717, 1.165) is 23.6 Å². The first-order valence-corrected chi connectivity index (χ1v) is 7.52. The molecule has 3 heteroatoms. The van der Waals surface area contributed by atoms with Crippen molar-refractivity contribution in [2.75, 3.05) is 0 Å². The molecule has 20 heavy (non-hydrogen) atoms. The van der Waals surface area contributed by atoms with Gasteiger partial charge in [0.15, 0.2) is 0 Å². The van der Waals surface area contributed by atoms with Crippen LogP contribution in [-0.4, -0.2) is 15.8 Å². The molecule has 1 atom stereocenters. The fraction of sp³-hybridized carbons (Fsp3) is 0.471. The van der Waals surface area contributed by atoms with Crippen LogP contribution in [0.3, 0.4) is 0 Å². The second-order valence-electron chi connectivity index (χ2n) is 5.83. The minimum absolute atomic E-state index is 0.00189. The van der Waals surface area contributed by atoms with E-state index in [-0.39, 0.29) is 5.56 Å². The number of nitrogens with zero attached hydrogens (tertiary/aromatic N) is 1. The lowest BCUT2D eigenvalue weighted by atomic mass is 9.85. The number of aliphatic hydroxyl groups excluding tert-OH is 1. The normalized spacial score (nSPS) is 18.2. The Bertz CT molecular complexity index is 641. The quantitative estimate of drug-likeness (QED) is 0.932. The van der Waals surface area contributed by atoms with E-state index in [1.165, 1.54) is 19.3 Å². The van der Waals surface area contributed by atoms with Gasteiger partial charge in [-0.15, -0.1) is 0 Å². The van der Waals surface area contributed by atoms with Crippen molar-refractivity contribution in [2.45, 2.75) is 44.8 Å². The van der Waals surface area contributed by atoms with Crippen LogP contribution in [0, 0.1) is 5.92 Å². The van der Waals surface area contributed by atoms with Crippen LogP contribution in [0.5, 0.6) is 0 Å². The molecule has 1 N–H and O–H groups in total. The van der Waals surface area contributed by atoms with E-state index in [1.54, 1.807) is 10.8 Å². The van der Waals surface area contributed by atoms with Gasteiger partial charge in [0, 0.05) is 11.6 Å². The molecule has 3 rings (SSSR count). The molecule has 3 nitrogen and oxygen atoms in total. The average Bonchev–Trinajstić information content (AvgIpc) is 2.51. The maximum atomic E-state index is 12.4. The molecule has 1 aromatic carbocycles. The average molecular weight is 271 g/mol. The lowest BCUT2D eigenvalue weighted by Gasteiger charge is -2.27. The highest BCUT2D eigenvalue weighted by Crippen LogP contribution is 2.27. The second kappa shape index (κ2) is 5.80. The van der Waals surface area contributed by atoms with Gasteiger partial charge < -0.3 is 9.67 Å². The lowest BCUT2D eigenvalue weighted by molar-refractivity contribution is 0.0688. The van der Waals surface area contributed by atoms with Crippen molar-refractivity contribution in [3.8, 4) is 0 Å². The standard InChI is InChI=1S/C17H21NO2/c19-16(14-7-2-1-3-8-14)12-18-11-10-13-6-4-5-9-15(13)17(18)20/h4-6,9-11,14,16,19H,1-3,7-8,12H2. The molecule has 1 aromatic heterocycles. The zero-order valence-corrected chi connectivity index (χ0v) is 11.7. The van der Waals surface area contributed by atoms with Crippen LogP contribution in [0.25, 0.3) is 10.8 Å². The zero-order valence-electron chi connectivity index (χ0n) is 11.7. The third kappa shape index (κ3) is 2.63. The molecule has 1 saturated carbocycles. The minimum Gasteiger partial charge on any atom is -0.391 e. The van der Waals surface area contributed by atoms with Crippen LogP contribution >= 0.6 is 0 Å². The number of fused-ring (bicyclic) bond motifs is 1. The van der Waals surface area contributed by atoms with Crippen LogP contribution in [0.2, 0.25) is 0 Å². The van der Waals surface area contributed by atoms with E-state index in [4.69, 9.17) is 0 Å². The molecule has 0 amide bonds. The van der Waals surface area contributed by atoms with Crippen molar-refractivity contribution in [1.82, 2.24) is 4.57 Å². The summed E-state index contributed by atoms with van der Waals surface area (Å²) >= 11 is 0. The van der Waals surface area contributed by atoms with Crippen molar-refractivity contribution in [3.63, 3.8) is 0 Å². The summed E-state index contributed by atoms with van der Waals surface area (Å²) in [5.74, 6) is 0.349. The highest BCUT2D eigenvalue weighted by atomic mass is 16.3. The number of hydrogen-bond donors (Lipinski definition) is 1. The van der Waals surface area contributed by atoms with Crippen LogP contribution in [0.4, 0.5) is 0 Å². The molecule has 0 aliphatic heterocycles. The Labute approximate surface area is 118 Å². The fourth-order valence-corrected chi connectivity index (χ4v) is 3.24. The third-order valence-electron chi connectivity index (χ3n) is 4.46. The van der Waals surface area contributed by atoms with Crippen LogP contribution < -0.4 is 5.56 Å². The number of benzene rings is 1. The van der Waals surface area contributed by atoms with Crippen molar-refractivity contribution in [3.05, 3.63) is 46.9 Å². The maximum absolute atomic E-state index is 12.4. The van der Waals surface area contributed by atoms with Gasteiger partial charge >= 0.3 is 0 Å². The van der Waals surface area contributed by atoms with E-state index >= 15 is 0 Å². The van der Waals surface area contributed by atoms with Gasteiger partial charge in [-0.05, 0) is 36.3 Å². The largest absolute Gasteiger partial charge is 0.391 e. The summed E-state index contributed by atoms with van der Waals surface area (Å²) in [6.45, 7) is 0.411. The van der Waals surface area contributed by atoms with Gasteiger partial charge in [-0.2, -0.15) is 0 Å². The van der Waals surface area contributed by atoms with E-state index in [9.17, 15) is 9.90 Å². The second-order valence-corrected chi connectivity index (χ2v) is 5.83. The highest BCUT2D eigenvalue weighted by molar-refractivity contribution is 5.81. The minimum atomic E-state index is -0.408. The summed E-state index contributed by atoms with van der Waals surface area (Å²) in [4.78, 5) is 12.4. The lowest BCUT2D eigenvalue weighted by Crippen LogP contribution is -2.32. The van der Waals surface area contributed by atoms with Gasteiger partial charge in [0.25, 0.3) is 5.56 Å². The summed E-state index contributed by atoms with van der Waals surface area (Å²) in [5, 5.41) is 12.1. The van der Waals surface area contributed by atoms with Crippen molar-refractivity contribution < 1.29 is 5.11 Å². The van der Waals surface area contributed by atoms with Crippen LogP contribution in [0.15, 0.2) is 41.3 Å². The molecule has 0 spiro atoms. The Morgan fingerprint density at radius 1 is 1.15 bits per heavy atom. The summed E-state index contributed by atoms with van der Waals surface area (Å²) in [7, 11) is 0. The van der Waals surface area contributed by atoms with Crippen molar-refractivity contribution >= 4 is 10.8 Å². The molecule has 1 aliphatic carbocycles. The number of hydrogen-bond acceptors (Lipinski definition) is 2. The molecular weight excluding hydrogens is 250 g/mol. The SMILES string of the molecule is O=c1c2ccccc2ccn1CC(O)C1CCCCC1. The highest BCUT2D eigenvalue weighted by Gasteiger charge is 2.22. The summed E-state index contributed by atoms with van der Waals surface area (Å²) in [6.07, 6.45) is 7.25. The molecular formula is C17H21NO2. The van der Waals surface area contributed by atoms with Crippen molar-refractivity contribution in [1.29, 1.82) is 0 Å². The third-order valence-corrected chi connectivity index (χ3v) is 4.46. The number of aromatic nitrogens is 1. The first kappa shape index (κ1) is 13.4.